The normalized spacial score (nSPS) is 16.1. The Bertz CT molecular complexity index is 673. The Morgan fingerprint density at radius 2 is 1.92 bits per heavy atom. The van der Waals surface area contributed by atoms with Gasteiger partial charge in [-0.05, 0) is 47.9 Å². The highest BCUT2D eigenvalue weighted by Gasteiger charge is 2.20. The van der Waals surface area contributed by atoms with Crippen LogP contribution in [0.5, 0.6) is 0 Å². The smallest absolute Gasteiger partial charge is 0.191 e. The largest absolute Gasteiger partial charge is 0.363 e. The number of nitrogens with zero attached hydrogens (tertiary/aromatic N) is 2. The van der Waals surface area contributed by atoms with E-state index in [2.05, 4.69) is 69.2 Å². The minimum absolute atomic E-state index is 0.490. The van der Waals surface area contributed by atoms with E-state index in [0.717, 1.165) is 44.9 Å². The lowest BCUT2D eigenvalue weighted by molar-refractivity contribution is 0.462. The summed E-state index contributed by atoms with van der Waals surface area (Å²) in [5.74, 6) is 0.903. The van der Waals surface area contributed by atoms with Crippen molar-refractivity contribution in [1.82, 2.24) is 10.6 Å². The maximum Gasteiger partial charge on any atom is 0.191 e. The third-order valence-electron chi connectivity index (χ3n) is 4.82. The summed E-state index contributed by atoms with van der Waals surface area (Å²) in [6.45, 7) is 5.23. The van der Waals surface area contributed by atoms with Crippen LogP contribution in [0.1, 0.15) is 30.9 Å². The van der Waals surface area contributed by atoms with Crippen LogP contribution >= 0.6 is 11.3 Å². The minimum Gasteiger partial charge on any atom is -0.363 e. The van der Waals surface area contributed by atoms with E-state index in [1.807, 2.05) is 18.4 Å². The molecular weight excluding hydrogens is 328 g/mol. The quantitative estimate of drug-likeness (QED) is 0.635. The number of anilines is 1. The molecule has 1 aromatic carbocycles. The Morgan fingerprint density at radius 1 is 1.16 bits per heavy atom. The van der Waals surface area contributed by atoms with Crippen LogP contribution in [0, 0.1) is 0 Å². The molecule has 0 saturated carbocycles. The van der Waals surface area contributed by atoms with Gasteiger partial charge in [0.05, 0.1) is 5.00 Å². The van der Waals surface area contributed by atoms with Crippen LogP contribution in [0.15, 0.2) is 46.8 Å². The van der Waals surface area contributed by atoms with Gasteiger partial charge in [-0.3, -0.25) is 4.99 Å². The molecule has 25 heavy (non-hydrogen) atoms. The first-order valence-corrected chi connectivity index (χ1v) is 10.0. The molecule has 134 valence electrons. The molecule has 1 aliphatic heterocycles. The van der Waals surface area contributed by atoms with E-state index < -0.39 is 0 Å². The summed E-state index contributed by atoms with van der Waals surface area (Å²) in [5, 5.41) is 10.6. The van der Waals surface area contributed by atoms with Gasteiger partial charge in [-0.1, -0.05) is 31.2 Å². The van der Waals surface area contributed by atoms with Gasteiger partial charge in [0.2, 0.25) is 0 Å². The highest BCUT2D eigenvalue weighted by Crippen LogP contribution is 2.24. The molecule has 0 unspecified atom stereocenters. The Labute approximate surface area is 155 Å². The summed E-state index contributed by atoms with van der Waals surface area (Å²) in [5.41, 5.74) is 2.75. The number of benzene rings is 1. The van der Waals surface area contributed by atoms with E-state index in [1.165, 1.54) is 16.1 Å². The summed E-state index contributed by atoms with van der Waals surface area (Å²) >= 11 is 1.83. The van der Waals surface area contributed by atoms with Gasteiger partial charge in [0, 0.05) is 32.7 Å². The summed E-state index contributed by atoms with van der Waals surface area (Å²) < 4.78 is 0. The fraction of sp³-hybridized carbons (Fsp3) is 0.450. The Hall–Kier alpha value is -2.01. The standard InChI is InChI=1S/C20H28N4S/c1-3-16-7-4-5-8-17(16)15-22-20(21-2)23-18-10-12-24(13-11-18)19-9-6-14-25-19/h4-9,14,18H,3,10-13,15H2,1-2H3,(H2,21,22,23). The van der Waals surface area contributed by atoms with Gasteiger partial charge in [-0.2, -0.15) is 0 Å². The lowest BCUT2D eigenvalue weighted by Gasteiger charge is -2.33. The Balaban J connectivity index is 1.48. The molecule has 1 fully saturated rings. The molecule has 0 bridgehead atoms. The molecule has 0 aliphatic carbocycles. The highest BCUT2D eigenvalue weighted by molar-refractivity contribution is 7.14. The molecule has 5 heteroatoms. The van der Waals surface area contributed by atoms with Crippen molar-refractivity contribution in [2.45, 2.75) is 38.8 Å². The van der Waals surface area contributed by atoms with Gasteiger partial charge in [0.1, 0.15) is 0 Å². The van der Waals surface area contributed by atoms with Gasteiger partial charge < -0.3 is 15.5 Å². The average Bonchev–Trinajstić information content (AvgIpc) is 3.20. The van der Waals surface area contributed by atoms with Crippen molar-refractivity contribution in [3.63, 3.8) is 0 Å². The van der Waals surface area contributed by atoms with E-state index in [4.69, 9.17) is 0 Å². The molecule has 1 aromatic heterocycles. The highest BCUT2D eigenvalue weighted by atomic mass is 32.1. The van der Waals surface area contributed by atoms with Crippen molar-refractivity contribution >= 4 is 22.3 Å². The van der Waals surface area contributed by atoms with Crippen molar-refractivity contribution in [2.24, 2.45) is 4.99 Å². The molecule has 3 rings (SSSR count). The summed E-state index contributed by atoms with van der Waals surface area (Å²) in [4.78, 5) is 6.89. The molecule has 2 N–H and O–H groups in total. The first kappa shape index (κ1) is 17.8. The van der Waals surface area contributed by atoms with Crippen LogP contribution in [-0.2, 0) is 13.0 Å². The minimum atomic E-state index is 0.490. The van der Waals surface area contributed by atoms with E-state index in [0.29, 0.717) is 6.04 Å². The average molecular weight is 357 g/mol. The maximum atomic E-state index is 4.40. The fourth-order valence-corrected chi connectivity index (χ4v) is 4.12. The first-order valence-electron chi connectivity index (χ1n) is 9.12. The van der Waals surface area contributed by atoms with Crippen LogP contribution in [0.2, 0.25) is 0 Å². The number of guanidine groups is 1. The Morgan fingerprint density at radius 3 is 2.56 bits per heavy atom. The van der Waals surface area contributed by atoms with E-state index >= 15 is 0 Å². The van der Waals surface area contributed by atoms with E-state index in [-0.39, 0.29) is 0 Å². The third kappa shape index (κ3) is 4.75. The fourth-order valence-electron chi connectivity index (χ4n) is 3.34. The third-order valence-corrected chi connectivity index (χ3v) is 5.75. The SMILES string of the molecule is CCc1ccccc1CNC(=NC)NC1CCN(c2cccs2)CC1. The van der Waals surface area contributed by atoms with Crippen molar-refractivity contribution in [3.05, 3.63) is 52.9 Å². The second-order valence-corrected chi connectivity index (χ2v) is 7.33. The number of rotatable bonds is 5. The predicted octanol–water partition coefficient (Wildman–Crippen LogP) is 3.64. The second-order valence-electron chi connectivity index (χ2n) is 6.40. The number of piperidine rings is 1. The molecule has 0 atom stereocenters. The molecule has 2 heterocycles. The number of hydrogen-bond donors (Lipinski definition) is 2. The van der Waals surface area contributed by atoms with Crippen molar-refractivity contribution in [1.29, 1.82) is 0 Å². The summed E-state index contributed by atoms with van der Waals surface area (Å²) in [6.07, 6.45) is 3.35. The van der Waals surface area contributed by atoms with Gasteiger partial charge in [-0.15, -0.1) is 11.3 Å². The summed E-state index contributed by atoms with van der Waals surface area (Å²) in [7, 11) is 1.85. The molecule has 0 radical (unpaired) electrons. The number of hydrogen-bond acceptors (Lipinski definition) is 3. The lowest BCUT2D eigenvalue weighted by Crippen LogP contribution is -2.48. The molecule has 0 amide bonds. The van der Waals surface area contributed by atoms with Crippen LogP contribution < -0.4 is 15.5 Å². The first-order chi connectivity index (χ1) is 12.3. The van der Waals surface area contributed by atoms with Crippen molar-refractivity contribution < 1.29 is 0 Å². The number of nitrogens with one attached hydrogen (secondary N) is 2. The van der Waals surface area contributed by atoms with Gasteiger partial charge in [-0.25, -0.2) is 0 Å². The zero-order valence-electron chi connectivity index (χ0n) is 15.2. The molecule has 2 aromatic rings. The maximum absolute atomic E-state index is 4.40. The van der Waals surface area contributed by atoms with Crippen LogP contribution in [0.25, 0.3) is 0 Å². The zero-order valence-corrected chi connectivity index (χ0v) is 16.0. The molecule has 1 aliphatic rings. The number of aliphatic imine (C=N–C) groups is 1. The van der Waals surface area contributed by atoms with Gasteiger partial charge >= 0.3 is 0 Å². The van der Waals surface area contributed by atoms with Crippen LogP contribution in [0.4, 0.5) is 5.00 Å². The van der Waals surface area contributed by atoms with E-state index in [9.17, 15) is 0 Å². The zero-order chi connectivity index (χ0) is 17.5. The van der Waals surface area contributed by atoms with Gasteiger partial charge in [0.15, 0.2) is 5.96 Å². The molecular formula is C20H28N4S. The lowest BCUT2D eigenvalue weighted by atomic mass is 10.1. The molecule has 1 saturated heterocycles. The van der Waals surface area contributed by atoms with Crippen molar-refractivity contribution in [3.8, 4) is 0 Å². The van der Waals surface area contributed by atoms with Crippen LogP contribution in [-0.4, -0.2) is 32.1 Å². The second kappa shape index (κ2) is 8.90. The van der Waals surface area contributed by atoms with Crippen molar-refractivity contribution in [2.75, 3.05) is 25.0 Å². The van der Waals surface area contributed by atoms with E-state index in [1.54, 1.807) is 0 Å². The molecule has 0 spiro atoms. The van der Waals surface area contributed by atoms with Gasteiger partial charge in [0.25, 0.3) is 0 Å². The Kier molecular flexibility index (Phi) is 6.34. The van der Waals surface area contributed by atoms with Crippen LogP contribution in [0.3, 0.4) is 0 Å². The number of aryl methyl sites for hydroxylation is 1. The number of thiophene rings is 1. The predicted molar refractivity (Wildman–Crippen MR) is 109 cm³/mol. The topological polar surface area (TPSA) is 39.7 Å². The summed E-state index contributed by atoms with van der Waals surface area (Å²) in [6, 6.07) is 13.4. The molecule has 4 nitrogen and oxygen atoms in total. The monoisotopic (exact) mass is 356 g/mol.